The number of rotatable bonds is 11. The highest BCUT2D eigenvalue weighted by Gasteiger charge is 2.22. The van der Waals surface area contributed by atoms with Crippen LogP contribution in [0.25, 0.3) is 0 Å². The number of aryl methyl sites for hydroxylation is 1. The minimum absolute atomic E-state index is 0.135. The molecule has 2 N–H and O–H groups in total. The van der Waals surface area contributed by atoms with Crippen LogP contribution in [0.5, 0.6) is 5.75 Å². The standard InChI is InChI=1S/C27H29ClN4O5S/c1-19-9-12-23(28)15-25(19)32(38(3,35)36)17-26(33)31-29-16-21-10-13-24(14-11-21)37-18-27(34)30-20(2)22-7-5-4-6-8-22/h4-16,20H,17-18H2,1-3H3,(H,30,34)(H,31,33)/b29-16-/t20-/m0/s1. The largest absolute Gasteiger partial charge is 0.484 e. The van der Waals surface area contributed by atoms with Crippen LogP contribution in [0.2, 0.25) is 5.02 Å². The van der Waals surface area contributed by atoms with E-state index in [9.17, 15) is 18.0 Å². The van der Waals surface area contributed by atoms with Gasteiger partial charge in [-0.05, 0) is 66.9 Å². The van der Waals surface area contributed by atoms with E-state index in [0.717, 1.165) is 16.1 Å². The summed E-state index contributed by atoms with van der Waals surface area (Å²) >= 11 is 6.01. The number of anilines is 1. The van der Waals surface area contributed by atoms with E-state index < -0.39 is 22.5 Å². The summed E-state index contributed by atoms with van der Waals surface area (Å²) in [4.78, 5) is 24.6. The SMILES string of the molecule is Cc1ccc(Cl)cc1N(CC(=O)N/N=C\c1ccc(OCC(=O)N[C@@H](C)c2ccccc2)cc1)S(C)(=O)=O. The molecule has 0 aliphatic carbocycles. The average Bonchev–Trinajstić information content (AvgIpc) is 2.88. The fourth-order valence-corrected chi connectivity index (χ4v) is 4.56. The predicted molar refractivity (Wildman–Crippen MR) is 149 cm³/mol. The molecule has 3 aromatic rings. The van der Waals surface area contributed by atoms with Crippen LogP contribution in [0.4, 0.5) is 5.69 Å². The Morgan fingerprint density at radius 1 is 1.05 bits per heavy atom. The Morgan fingerprint density at radius 3 is 2.39 bits per heavy atom. The lowest BCUT2D eigenvalue weighted by molar-refractivity contribution is -0.123. The van der Waals surface area contributed by atoms with Gasteiger partial charge in [0.1, 0.15) is 12.3 Å². The van der Waals surface area contributed by atoms with Crippen molar-refractivity contribution in [2.75, 3.05) is 23.7 Å². The molecule has 0 aromatic heterocycles. The molecule has 11 heteroatoms. The fraction of sp³-hybridized carbons (Fsp3) is 0.222. The Bertz CT molecular complexity index is 1400. The van der Waals surface area contributed by atoms with Gasteiger partial charge >= 0.3 is 0 Å². The van der Waals surface area contributed by atoms with Gasteiger partial charge in [-0.2, -0.15) is 5.10 Å². The van der Waals surface area contributed by atoms with Gasteiger partial charge in [0.05, 0.1) is 24.2 Å². The van der Waals surface area contributed by atoms with Crippen molar-refractivity contribution in [2.45, 2.75) is 19.9 Å². The molecule has 0 spiro atoms. The summed E-state index contributed by atoms with van der Waals surface area (Å²) in [7, 11) is -3.75. The molecule has 3 aromatic carbocycles. The highest BCUT2D eigenvalue weighted by molar-refractivity contribution is 7.92. The van der Waals surface area contributed by atoms with Crippen molar-refractivity contribution in [3.63, 3.8) is 0 Å². The number of hydrogen-bond donors (Lipinski definition) is 2. The zero-order chi connectivity index (χ0) is 27.7. The first-order valence-electron chi connectivity index (χ1n) is 11.7. The van der Waals surface area contributed by atoms with Gasteiger partial charge in [0.2, 0.25) is 10.0 Å². The summed E-state index contributed by atoms with van der Waals surface area (Å²) < 4.78 is 31.1. The molecule has 3 rings (SSSR count). The highest BCUT2D eigenvalue weighted by Crippen LogP contribution is 2.26. The lowest BCUT2D eigenvalue weighted by atomic mass is 10.1. The Kier molecular flexibility index (Phi) is 9.86. The van der Waals surface area contributed by atoms with Crippen LogP contribution in [-0.2, 0) is 19.6 Å². The Hall–Kier alpha value is -3.89. The summed E-state index contributed by atoms with van der Waals surface area (Å²) in [6, 6.07) is 21.0. The van der Waals surface area contributed by atoms with Crippen LogP contribution < -0.4 is 19.8 Å². The summed E-state index contributed by atoms with van der Waals surface area (Å²) in [6.45, 7) is 3.03. The number of hydrazone groups is 1. The lowest BCUT2D eigenvalue weighted by Crippen LogP contribution is -2.39. The molecule has 38 heavy (non-hydrogen) atoms. The van der Waals surface area contributed by atoms with Gasteiger partial charge in [0.15, 0.2) is 6.61 Å². The van der Waals surface area contributed by atoms with Crippen molar-refractivity contribution in [1.29, 1.82) is 0 Å². The topological polar surface area (TPSA) is 117 Å². The van der Waals surface area contributed by atoms with E-state index in [1.807, 2.05) is 37.3 Å². The smallest absolute Gasteiger partial charge is 0.260 e. The van der Waals surface area contributed by atoms with Crippen LogP contribution in [-0.4, -0.2) is 45.9 Å². The molecule has 9 nitrogen and oxygen atoms in total. The average molecular weight is 557 g/mol. The molecule has 0 saturated carbocycles. The molecule has 0 bridgehead atoms. The molecular formula is C27H29ClN4O5S. The van der Waals surface area contributed by atoms with Crippen LogP contribution in [0.1, 0.15) is 29.7 Å². The van der Waals surface area contributed by atoms with E-state index >= 15 is 0 Å². The summed E-state index contributed by atoms with van der Waals surface area (Å²) in [5.41, 5.74) is 4.96. The predicted octanol–water partition coefficient (Wildman–Crippen LogP) is 3.82. The molecule has 0 aliphatic heterocycles. The van der Waals surface area contributed by atoms with Crippen molar-refractivity contribution < 1.29 is 22.7 Å². The van der Waals surface area contributed by atoms with E-state index in [-0.39, 0.29) is 18.6 Å². The van der Waals surface area contributed by atoms with Crippen molar-refractivity contribution >= 4 is 45.3 Å². The third-order valence-electron chi connectivity index (χ3n) is 5.46. The zero-order valence-electron chi connectivity index (χ0n) is 21.2. The maximum absolute atomic E-state index is 12.4. The van der Waals surface area contributed by atoms with E-state index in [2.05, 4.69) is 15.8 Å². The first kappa shape index (κ1) is 28.7. The number of hydrogen-bond acceptors (Lipinski definition) is 6. The van der Waals surface area contributed by atoms with Gasteiger partial charge in [0.25, 0.3) is 11.8 Å². The maximum atomic E-state index is 12.4. The van der Waals surface area contributed by atoms with Gasteiger partial charge in [-0.25, -0.2) is 13.8 Å². The van der Waals surface area contributed by atoms with Crippen LogP contribution in [0, 0.1) is 6.92 Å². The number of nitrogens with one attached hydrogen (secondary N) is 2. The van der Waals surface area contributed by atoms with Crippen LogP contribution in [0.3, 0.4) is 0 Å². The third kappa shape index (κ3) is 8.60. The number of amides is 2. The van der Waals surface area contributed by atoms with E-state index in [0.29, 0.717) is 27.6 Å². The maximum Gasteiger partial charge on any atom is 0.260 e. The van der Waals surface area contributed by atoms with Gasteiger partial charge in [-0.3, -0.25) is 13.9 Å². The molecular weight excluding hydrogens is 528 g/mol. The van der Waals surface area contributed by atoms with Gasteiger partial charge in [-0.1, -0.05) is 48.0 Å². The molecule has 0 heterocycles. The Labute approximate surface area is 227 Å². The number of halogens is 1. The molecule has 1 atom stereocenters. The highest BCUT2D eigenvalue weighted by atomic mass is 35.5. The quantitative estimate of drug-likeness (QED) is 0.275. The van der Waals surface area contributed by atoms with Crippen LogP contribution in [0.15, 0.2) is 77.9 Å². The number of carbonyl (C=O) groups is 2. The van der Waals surface area contributed by atoms with Gasteiger partial charge in [-0.15, -0.1) is 0 Å². The molecule has 2 amide bonds. The van der Waals surface area contributed by atoms with Crippen molar-refractivity contribution in [3.05, 3.63) is 94.5 Å². The van der Waals surface area contributed by atoms with Crippen molar-refractivity contribution in [3.8, 4) is 5.75 Å². The van der Waals surface area contributed by atoms with Crippen molar-refractivity contribution in [1.82, 2.24) is 10.7 Å². The second-order valence-electron chi connectivity index (χ2n) is 8.55. The van der Waals surface area contributed by atoms with E-state index in [4.69, 9.17) is 16.3 Å². The second kappa shape index (κ2) is 13.1. The van der Waals surface area contributed by atoms with Crippen LogP contribution >= 0.6 is 11.6 Å². The number of sulfonamides is 1. The summed E-state index contributed by atoms with van der Waals surface area (Å²) in [5, 5.41) is 7.13. The molecule has 0 aliphatic rings. The van der Waals surface area contributed by atoms with Gasteiger partial charge < -0.3 is 10.1 Å². The van der Waals surface area contributed by atoms with E-state index in [1.165, 1.54) is 12.3 Å². The monoisotopic (exact) mass is 556 g/mol. The summed E-state index contributed by atoms with van der Waals surface area (Å²) in [6.07, 6.45) is 2.42. The minimum Gasteiger partial charge on any atom is -0.484 e. The fourth-order valence-electron chi connectivity index (χ4n) is 3.48. The minimum atomic E-state index is -3.75. The lowest BCUT2D eigenvalue weighted by Gasteiger charge is -2.23. The van der Waals surface area contributed by atoms with E-state index in [1.54, 1.807) is 43.3 Å². The zero-order valence-corrected chi connectivity index (χ0v) is 22.8. The number of benzene rings is 3. The first-order chi connectivity index (χ1) is 18.0. The van der Waals surface area contributed by atoms with Crippen molar-refractivity contribution in [2.24, 2.45) is 5.10 Å². The molecule has 200 valence electrons. The second-order valence-corrected chi connectivity index (χ2v) is 10.9. The Balaban J connectivity index is 1.50. The Morgan fingerprint density at radius 2 is 1.74 bits per heavy atom. The molecule has 0 saturated heterocycles. The third-order valence-corrected chi connectivity index (χ3v) is 6.82. The normalized spacial score (nSPS) is 12.1. The summed E-state index contributed by atoms with van der Waals surface area (Å²) in [5.74, 6) is -0.373. The number of ether oxygens (including phenoxy) is 1. The van der Waals surface area contributed by atoms with Gasteiger partial charge in [0, 0.05) is 5.02 Å². The molecule has 0 unspecified atom stereocenters. The number of carbonyl (C=O) groups excluding carboxylic acids is 2. The first-order valence-corrected chi connectivity index (χ1v) is 13.9. The molecule has 0 radical (unpaired) electrons. The number of nitrogens with zero attached hydrogens (tertiary/aromatic N) is 2. The molecule has 0 fully saturated rings.